The molecule has 1 aliphatic carbocycles. The number of nitrogens with one attached hydrogen (secondary N) is 1. The number of rotatable bonds is 9. The molecule has 3 heterocycles. The molecule has 5 rings (SSSR count). The molecule has 1 saturated heterocycles. The number of carbonyl (C=O) groups excluding carboxylic acids is 1. The minimum absolute atomic E-state index is 0.0568. The first-order valence-electron chi connectivity index (χ1n) is 13.4. The molecule has 0 radical (unpaired) electrons. The predicted octanol–water partition coefficient (Wildman–Crippen LogP) is 3.37. The Hall–Kier alpha value is -3.68. The van der Waals surface area contributed by atoms with Gasteiger partial charge in [0.15, 0.2) is 0 Å². The third-order valence-corrected chi connectivity index (χ3v) is 7.45. The Morgan fingerprint density at radius 1 is 1.11 bits per heavy atom. The quantitative estimate of drug-likeness (QED) is 0.431. The van der Waals surface area contributed by atoms with Crippen LogP contribution in [-0.2, 0) is 14.3 Å². The largest absolute Gasteiger partial charge is 0.382 e. The van der Waals surface area contributed by atoms with Crippen molar-refractivity contribution in [2.45, 2.75) is 44.2 Å². The highest BCUT2D eigenvalue weighted by Crippen LogP contribution is 2.30. The standard InChI is InChI=1S/C28H35N7O3/c1-37-19-20-38-22-7-5-21(6-8-22)31-28-30-13-10-26(32-28)35-14-11-23-24(3-2-4-25(23)35)33-15-17-34(18-16-33)27(36)9-12-29/h2-4,10-11,13-14,21-22H,5-9,15-20H2,1H3,(H,30,31,32)/t21-,22-. The van der Waals surface area contributed by atoms with Crippen molar-refractivity contribution in [3.05, 3.63) is 42.7 Å². The predicted molar refractivity (Wildman–Crippen MR) is 145 cm³/mol. The summed E-state index contributed by atoms with van der Waals surface area (Å²) in [5.74, 6) is 1.37. The van der Waals surface area contributed by atoms with E-state index in [1.54, 1.807) is 18.2 Å². The topological polar surface area (TPSA) is 109 Å². The summed E-state index contributed by atoms with van der Waals surface area (Å²) in [6.45, 7) is 4.01. The molecule has 1 aromatic carbocycles. The molecule has 1 aliphatic heterocycles. The Labute approximate surface area is 223 Å². The Morgan fingerprint density at radius 3 is 2.68 bits per heavy atom. The van der Waals surface area contributed by atoms with Crippen LogP contribution in [-0.4, -0.2) is 84.0 Å². The minimum atomic E-state index is -0.0897. The number of nitrogens with zero attached hydrogens (tertiary/aromatic N) is 6. The van der Waals surface area contributed by atoms with E-state index in [4.69, 9.17) is 19.7 Å². The Kier molecular flexibility index (Phi) is 8.36. The van der Waals surface area contributed by atoms with Gasteiger partial charge in [0.1, 0.15) is 12.2 Å². The van der Waals surface area contributed by atoms with Gasteiger partial charge in [-0.25, -0.2) is 4.98 Å². The van der Waals surface area contributed by atoms with Crippen LogP contribution < -0.4 is 10.2 Å². The molecule has 1 N–H and O–H groups in total. The van der Waals surface area contributed by atoms with Gasteiger partial charge in [-0.3, -0.25) is 4.79 Å². The molecule has 2 aromatic heterocycles. The summed E-state index contributed by atoms with van der Waals surface area (Å²) in [6.07, 6.45) is 8.19. The molecular formula is C28H35N7O3. The molecule has 3 aromatic rings. The van der Waals surface area contributed by atoms with Gasteiger partial charge in [-0.2, -0.15) is 10.2 Å². The number of fused-ring (bicyclic) bond motifs is 1. The van der Waals surface area contributed by atoms with Crippen LogP contribution in [0.25, 0.3) is 16.7 Å². The van der Waals surface area contributed by atoms with Crippen molar-refractivity contribution in [1.82, 2.24) is 19.4 Å². The Morgan fingerprint density at radius 2 is 1.92 bits per heavy atom. The van der Waals surface area contributed by atoms with Gasteiger partial charge in [0.25, 0.3) is 0 Å². The van der Waals surface area contributed by atoms with Crippen molar-refractivity contribution in [2.24, 2.45) is 0 Å². The number of anilines is 2. The first-order valence-corrected chi connectivity index (χ1v) is 13.4. The van der Waals surface area contributed by atoms with Gasteiger partial charge in [-0.05, 0) is 49.9 Å². The number of carbonyl (C=O) groups is 1. The molecule has 200 valence electrons. The van der Waals surface area contributed by atoms with Crippen molar-refractivity contribution in [3.8, 4) is 11.9 Å². The molecule has 0 spiro atoms. The minimum Gasteiger partial charge on any atom is -0.382 e. The molecule has 1 amide bonds. The summed E-state index contributed by atoms with van der Waals surface area (Å²) in [5.41, 5.74) is 2.22. The van der Waals surface area contributed by atoms with Gasteiger partial charge in [0, 0.05) is 62.8 Å². The normalized spacial score (nSPS) is 19.9. The number of aromatic nitrogens is 3. The van der Waals surface area contributed by atoms with E-state index in [1.807, 2.05) is 12.1 Å². The van der Waals surface area contributed by atoms with E-state index in [1.165, 1.54) is 0 Å². The highest BCUT2D eigenvalue weighted by Gasteiger charge is 2.24. The van der Waals surface area contributed by atoms with E-state index < -0.39 is 0 Å². The second kappa shape index (κ2) is 12.2. The van der Waals surface area contributed by atoms with Gasteiger partial charge >= 0.3 is 0 Å². The molecule has 2 fully saturated rings. The highest BCUT2D eigenvalue weighted by atomic mass is 16.5. The molecular weight excluding hydrogens is 482 g/mol. The SMILES string of the molecule is COCCO[C@H]1CC[C@H](Nc2nccc(-n3ccc4c(N5CCN(C(=O)CC#N)CC5)cccc43)n2)CC1. The van der Waals surface area contributed by atoms with Crippen LogP contribution in [0.1, 0.15) is 32.1 Å². The second-order valence-corrected chi connectivity index (χ2v) is 9.82. The number of methoxy groups -OCH3 is 1. The molecule has 38 heavy (non-hydrogen) atoms. The average Bonchev–Trinajstić information content (AvgIpc) is 3.39. The first kappa shape index (κ1) is 25.9. The zero-order valence-corrected chi connectivity index (χ0v) is 21.9. The summed E-state index contributed by atoms with van der Waals surface area (Å²) in [7, 11) is 1.69. The van der Waals surface area contributed by atoms with Crippen molar-refractivity contribution in [2.75, 3.05) is 56.7 Å². The van der Waals surface area contributed by atoms with Gasteiger partial charge in [-0.15, -0.1) is 0 Å². The van der Waals surface area contributed by atoms with Crippen LogP contribution in [0, 0.1) is 11.3 Å². The highest BCUT2D eigenvalue weighted by molar-refractivity contribution is 5.94. The lowest BCUT2D eigenvalue weighted by Crippen LogP contribution is -2.48. The summed E-state index contributed by atoms with van der Waals surface area (Å²) in [4.78, 5) is 25.5. The fourth-order valence-electron chi connectivity index (χ4n) is 5.41. The molecule has 2 aliphatic rings. The van der Waals surface area contributed by atoms with Gasteiger partial charge in [0.05, 0.1) is 30.9 Å². The number of amides is 1. The van der Waals surface area contributed by atoms with Crippen molar-refractivity contribution < 1.29 is 14.3 Å². The average molecular weight is 518 g/mol. The van der Waals surface area contributed by atoms with E-state index in [9.17, 15) is 4.79 Å². The fourth-order valence-corrected chi connectivity index (χ4v) is 5.41. The third-order valence-electron chi connectivity index (χ3n) is 7.45. The second-order valence-electron chi connectivity index (χ2n) is 9.82. The summed E-state index contributed by atoms with van der Waals surface area (Å²) in [5, 5.41) is 13.5. The van der Waals surface area contributed by atoms with E-state index in [2.05, 4.69) is 50.2 Å². The van der Waals surface area contributed by atoms with Crippen molar-refractivity contribution in [3.63, 3.8) is 0 Å². The lowest BCUT2D eigenvalue weighted by Gasteiger charge is -2.36. The zero-order valence-electron chi connectivity index (χ0n) is 21.9. The maximum atomic E-state index is 12.1. The number of hydrogen-bond donors (Lipinski definition) is 1. The van der Waals surface area contributed by atoms with Crippen molar-refractivity contribution in [1.29, 1.82) is 5.26 Å². The van der Waals surface area contributed by atoms with Gasteiger partial charge in [0.2, 0.25) is 11.9 Å². The molecule has 0 bridgehead atoms. The van der Waals surface area contributed by atoms with E-state index in [-0.39, 0.29) is 12.3 Å². The van der Waals surface area contributed by atoms with E-state index in [0.29, 0.717) is 44.4 Å². The van der Waals surface area contributed by atoms with Crippen LogP contribution in [0.4, 0.5) is 11.6 Å². The lowest BCUT2D eigenvalue weighted by atomic mass is 9.93. The number of hydrogen-bond acceptors (Lipinski definition) is 8. The summed E-state index contributed by atoms with van der Waals surface area (Å²) in [6, 6.07) is 12.6. The zero-order chi connectivity index (χ0) is 26.3. The summed E-state index contributed by atoms with van der Waals surface area (Å²) >= 11 is 0. The van der Waals surface area contributed by atoms with E-state index in [0.717, 1.165) is 61.2 Å². The smallest absolute Gasteiger partial charge is 0.236 e. The number of benzene rings is 1. The van der Waals surface area contributed by atoms with Gasteiger partial charge in [-0.1, -0.05) is 6.07 Å². The molecule has 1 saturated carbocycles. The number of ether oxygens (including phenoxy) is 2. The maximum Gasteiger partial charge on any atom is 0.236 e. The lowest BCUT2D eigenvalue weighted by molar-refractivity contribution is -0.130. The van der Waals surface area contributed by atoms with Crippen LogP contribution in [0.2, 0.25) is 0 Å². The molecule has 0 atom stereocenters. The van der Waals surface area contributed by atoms with E-state index >= 15 is 0 Å². The Bertz CT molecular complexity index is 1270. The first-order chi connectivity index (χ1) is 18.7. The molecule has 0 unspecified atom stereocenters. The molecule has 10 nitrogen and oxygen atoms in total. The third kappa shape index (κ3) is 5.90. The Balaban J connectivity index is 1.25. The summed E-state index contributed by atoms with van der Waals surface area (Å²) < 4.78 is 13.1. The monoisotopic (exact) mass is 517 g/mol. The fraction of sp³-hybridized carbons (Fsp3) is 0.500. The number of piperazine rings is 1. The van der Waals surface area contributed by atoms with Crippen LogP contribution in [0.3, 0.4) is 0 Å². The number of nitriles is 1. The van der Waals surface area contributed by atoms with Crippen LogP contribution >= 0.6 is 0 Å². The molecule has 10 heteroatoms. The van der Waals surface area contributed by atoms with Crippen LogP contribution in [0.5, 0.6) is 0 Å². The van der Waals surface area contributed by atoms with Gasteiger partial charge < -0.3 is 29.2 Å². The maximum absolute atomic E-state index is 12.1. The van der Waals surface area contributed by atoms with Crippen LogP contribution in [0.15, 0.2) is 42.7 Å². The van der Waals surface area contributed by atoms with Crippen molar-refractivity contribution >= 4 is 28.4 Å².